The number of anilines is 2. The van der Waals surface area contributed by atoms with E-state index in [1.165, 1.54) is 12.4 Å². The number of aromatic nitrogens is 4. The van der Waals surface area contributed by atoms with E-state index < -0.39 is 5.91 Å². The minimum Gasteiger partial charge on any atom is -0.497 e. The van der Waals surface area contributed by atoms with Gasteiger partial charge in [-0.15, -0.1) is 0 Å². The molecule has 1 atom stereocenters. The summed E-state index contributed by atoms with van der Waals surface area (Å²) in [6.45, 7) is 0.255. The number of nitrogen functional groups attached to an aromatic ring is 1. The molecule has 0 aliphatic rings. The van der Waals surface area contributed by atoms with Crippen LogP contribution in [0.15, 0.2) is 36.8 Å². The van der Waals surface area contributed by atoms with E-state index in [0.717, 1.165) is 5.56 Å². The number of ether oxygens (including phenoxy) is 1. The first-order chi connectivity index (χ1) is 13.4. The summed E-state index contributed by atoms with van der Waals surface area (Å²) in [7, 11) is 1.55. The predicted octanol–water partition coefficient (Wildman–Crippen LogP) is 2.37. The number of benzene rings is 1. The van der Waals surface area contributed by atoms with E-state index in [9.17, 15) is 4.79 Å². The summed E-state index contributed by atoms with van der Waals surface area (Å²) in [4.78, 5) is 20.1. The van der Waals surface area contributed by atoms with E-state index in [4.69, 9.17) is 39.4 Å². The number of carbonyl (C=O) groups excluding carboxylic acids is 1. The van der Waals surface area contributed by atoms with Crippen LogP contribution in [0.3, 0.4) is 0 Å². The molecule has 0 aliphatic heterocycles. The standard InChI is InChI=1S/C17H17Cl2N7O2/c1-28-12-3-9(2-10(18)4-12)13(5-20)26-8-11(6-23-26)24-17(27)15-16(21)22-7-14(19)25-15/h2-4,6-8,13H,5,20H2,1H3,(H2,21,22)(H,24,27). The van der Waals surface area contributed by atoms with E-state index in [1.807, 2.05) is 6.07 Å². The van der Waals surface area contributed by atoms with E-state index in [0.29, 0.717) is 16.5 Å². The van der Waals surface area contributed by atoms with Crippen LogP contribution in [0.25, 0.3) is 0 Å². The number of hydrogen-bond donors (Lipinski definition) is 3. The van der Waals surface area contributed by atoms with Gasteiger partial charge in [-0.25, -0.2) is 9.97 Å². The second-order valence-electron chi connectivity index (χ2n) is 5.77. The second kappa shape index (κ2) is 8.42. The van der Waals surface area contributed by atoms with E-state index in [-0.39, 0.29) is 29.3 Å². The molecule has 0 fully saturated rings. The Kier molecular flexibility index (Phi) is 5.98. The number of nitrogens with zero attached hydrogens (tertiary/aromatic N) is 4. The minimum absolute atomic E-state index is 0.0276. The van der Waals surface area contributed by atoms with Crippen molar-refractivity contribution in [1.82, 2.24) is 19.7 Å². The van der Waals surface area contributed by atoms with Gasteiger partial charge in [0.1, 0.15) is 10.9 Å². The molecule has 28 heavy (non-hydrogen) atoms. The zero-order valence-electron chi connectivity index (χ0n) is 14.8. The second-order valence-corrected chi connectivity index (χ2v) is 6.59. The van der Waals surface area contributed by atoms with Crippen LogP contribution in [0.4, 0.5) is 11.5 Å². The molecular formula is C17H17Cl2N7O2. The largest absolute Gasteiger partial charge is 0.497 e. The fraction of sp³-hybridized carbons (Fsp3) is 0.176. The van der Waals surface area contributed by atoms with Crippen molar-refractivity contribution < 1.29 is 9.53 Å². The molecule has 2 aromatic heterocycles. The molecule has 3 rings (SSSR count). The number of nitrogens with one attached hydrogen (secondary N) is 1. The van der Waals surface area contributed by atoms with Crippen molar-refractivity contribution in [3.05, 3.63) is 58.2 Å². The van der Waals surface area contributed by atoms with Gasteiger partial charge in [-0.3, -0.25) is 9.48 Å². The van der Waals surface area contributed by atoms with Crippen molar-refractivity contribution in [2.45, 2.75) is 6.04 Å². The maximum absolute atomic E-state index is 12.4. The summed E-state index contributed by atoms with van der Waals surface area (Å²) in [6, 6.07) is 4.99. The molecule has 0 radical (unpaired) electrons. The molecule has 11 heteroatoms. The van der Waals surface area contributed by atoms with Crippen LogP contribution in [-0.4, -0.2) is 39.3 Å². The van der Waals surface area contributed by atoms with Gasteiger partial charge in [0, 0.05) is 17.8 Å². The third-order valence-electron chi connectivity index (χ3n) is 3.90. The summed E-state index contributed by atoms with van der Waals surface area (Å²) in [6.07, 6.45) is 4.38. The lowest BCUT2D eigenvalue weighted by Gasteiger charge is -2.17. The van der Waals surface area contributed by atoms with Crippen molar-refractivity contribution in [2.75, 3.05) is 24.7 Å². The third kappa shape index (κ3) is 4.33. The van der Waals surface area contributed by atoms with Crippen molar-refractivity contribution in [2.24, 2.45) is 5.73 Å². The highest BCUT2D eigenvalue weighted by Crippen LogP contribution is 2.27. The SMILES string of the molecule is COc1cc(Cl)cc(C(CN)n2cc(NC(=O)c3nc(Cl)cnc3N)cn2)c1. The highest BCUT2D eigenvalue weighted by molar-refractivity contribution is 6.30. The molecule has 5 N–H and O–H groups in total. The summed E-state index contributed by atoms with van der Waals surface area (Å²) < 4.78 is 6.87. The van der Waals surface area contributed by atoms with Crippen molar-refractivity contribution in [3.63, 3.8) is 0 Å². The molecule has 146 valence electrons. The highest BCUT2D eigenvalue weighted by Gasteiger charge is 2.18. The van der Waals surface area contributed by atoms with Gasteiger partial charge in [-0.2, -0.15) is 5.10 Å². The highest BCUT2D eigenvalue weighted by atomic mass is 35.5. The van der Waals surface area contributed by atoms with Crippen LogP contribution in [0, 0.1) is 0 Å². The molecule has 3 aromatic rings. The van der Waals surface area contributed by atoms with Gasteiger partial charge in [0.25, 0.3) is 5.91 Å². The molecule has 0 aliphatic carbocycles. The zero-order valence-corrected chi connectivity index (χ0v) is 16.3. The Bertz CT molecular complexity index is 1010. The first kappa shape index (κ1) is 19.9. The Hall–Kier alpha value is -2.88. The number of amides is 1. The van der Waals surface area contributed by atoms with Crippen LogP contribution in [0.1, 0.15) is 22.1 Å². The molecule has 0 saturated carbocycles. The van der Waals surface area contributed by atoms with Crippen LogP contribution in [-0.2, 0) is 0 Å². The smallest absolute Gasteiger partial charge is 0.278 e. The van der Waals surface area contributed by atoms with Crippen molar-refractivity contribution in [3.8, 4) is 5.75 Å². The van der Waals surface area contributed by atoms with Crippen LogP contribution < -0.4 is 21.5 Å². The molecule has 0 spiro atoms. The minimum atomic E-state index is -0.555. The normalized spacial score (nSPS) is 11.9. The molecule has 1 aromatic carbocycles. The number of methoxy groups -OCH3 is 1. The molecule has 0 bridgehead atoms. The Balaban J connectivity index is 1.83. The number of nitrogens with two attached hydrogens (primary N) is 2. The summed E-state index contributed by atoms with van der Waals surface area (Å²) in [5.41, 5.74) is 12.8. The van der Waals surface area contributed by atoms with E-state index in [1.54, 1.807) is 30.1 Å². The van der Waals surface area contributed by atoms with Crippen molar-refractivity contribution >= 4 is 40.6 Å². The first-order valence-corrected chi connectivity index (χ1v) is 8.85. The number of halogens is 2. The molecule has 1 unspecified atom stereocenters. The summed E-state index contributed by atoms with van der Waals surface area (Å²) in [5.74, 6) is 0.0255. The molecule has 9 nitrogen and oxygen atoms in total. The maximum atomic E-state index is 12.4. The monoisotopic (exact) mass is 421 g/mol. The van der Waals surface area contributed by atoms with Crippen LogP contribution in [0.2, 0.25) is 10.2 Å². The van der Waals surface area contributed by atoms with Gasteiger partial charge in [0.15, 0.2) is 11.5 Å². The quantitative estimate of drug-likeness (QED) is 0.555. The molecule has 1 amide bonds. The van der Waals surface area contributed by atoms with Gasteiger partial charge >= 0.3 is 0 Å². The number of rotatable bonds is 6. The average molecular weight is 422 g/mol. The number of carbonyl (C=O) groups is 1. The van der Waals surface area contributed by atoms with Gasteiger partial charge in [-0.1, -0.05) is 23.2 Å². The Labute approximate surface area is 170 Å². The van der Waals surface area contributed by atoms with E-state index in [2.05, 4.69) is 20.4 Å². The average Bonchev–Trinajstić information content (AvgIpc) is 3.11. The van der Waals surface area contributed by atoms with Gasteiger partial charge in [0.05, 0.1) is 31.2 Å². The van der Waals surface area contributed by atoms with Gasteiger partial charge < -0.3 is 21.5 Å². The fourth-order valence-corrected chi connectivity index (χ4v) is 2.97. The fourth-order valence-electron chi connectivity index (χ4n) is 2.60. The topological polar surface area (TPSA) is 134 Å². The summed E-state index contributed by atoms with van der Waals surface area (Å²) >= 11 is 11.9. The molecular weight excluding hydrogens is 405 g/mol. The van der Waals surface area contributed by atoms with Crippen molar-refractivity contribution in [1.29, 1.82) is 0 Å². The molecule has 0 saturated heterocycles. The van der Waals surface area contributed by atoms with E-state index >= 15 is 0 Å². The summed E-state index contributed by atoms with van der Waals surface area (Å²) in [5, 5.41) is 7.52. The van der Waals surface area contributed by atoms with Crippen LogP contribution in [0.5, 0.6) is 5.75 Å². The lowest BCUT2D eigenvalue weighted by Crippen LogP contribution is -2.21. The van der Waals surface area contributed by atoms with Gasteiger partial charge in [-0.05, 0) is 23.8 Å². The lowest BCUT2D eigenvalue weighted by atomic mass is 10.1. The lowest BCUT2D eigenvalue weighted by molar-refractivity contribution is 0.102. The molecule has 2 heterocycles. The van der Waals surface area contributed by atoms with Crippen LogP contribution >= 0.6 is 23.2 Å². The van der Waals surface area contributed by atoms with Gasteiger partial charge in [0.2, 0.25) is 0 Å². The third-order valence-corrected chi connectivity index (χ3v) is 4.30. The Morgan fingerprint density at radius 2 is 2.11 bits per heavy atom. The number of hydrogen-bond acceptors (Lipinski definition) is 7. The Morgan fingerprint density at radius 1 is 1.32 bits per heavy atom. The zero-order chi connectivity index (χ0) is 20.3. The maximum Gasteiger partial charge on any atom is 0.278 e. The Morgan fingerprint density at radius 3 is 2.82 bits per heavy atom. The predicted molar refractivity (Wildman–Crippen MR) is 107 cm³/mol. The first-order valence-electron chi connectivity index (χ1n) is 8.09.